The first-order chi connectivity index (χ1) is 8.13. The molecule has 0 unspecified atom stereocenters. The Kier molecular flexibility index (Phi) is 4.15. The van der Waals surface area contributed by atoms with Crippen LogP contribution >= 0.6 is 23.2 Å². The largest absolute Gasteiger partial charge is 0.508 e. The molecule has 0 bridgehead atoms. The van der Waals surface area contributed by atoms with Gasteiger partial charge in [-0.05, 0) is 49.5 Å². The Hall–Kier alpha value is -0.480. The van der Waals surface area contributed by atoms with Gasteiger partial charge in [0.15, 0.2) is 0 Å². The summed E-state index contributed by atoms with van der Waals surface area (Å²) in [6.45, 7) is 2.40. The quantitative estimate of drug-likeness (QED) is 0.776. The first kappa shape index (κ1) is 13.0. The molecule has 0 radical (unpaired) electrons. The number of aromatic hydroxyl groups is 1. The van der Waals surface area contributed by atoms with Crippen molar-refractivity contribution >= 4 is 23.2 Å². The molecular weight excluding hydrogens is 259 g/mol. The zero-order valence-electron chi connectivity index (χ0n) is 9.42. The third kappa shape index (κ3) is 2.68. The number of phenols is 1. The average molecular weight is 275 g/mol. The Morgan fingerprint density at radius 3 is 2.76 bits per heavy atom. The summed E-state index contributed by atoms with van der Waals surface area (Å²) in [6.07, 6.45) is 0.952. The van der Waals surface area contributed by atoms with Crippen LogP contribution in [-0.4, -0.2) is 24.7 Å². The van der Waals surface area contributed by atoms with Gasteiger partial charge in [-0.1, -0.05) is 23.2 Å². The minimum atomic E-state index is 0.213. The lowest BCUT2D eigenvalue weighted by atomic mass is 9.81. The number of hydrogen-bond donors (Lipinski definition) is 3. The third-order valence-corrected chi connectivity index (χ3v) is 4.10. The molecule has 2 rings (SSSR count). The highest BCUT2D eigenvalue weighted by Crippen LogP contribution is 2.39. The van der Waals surface area contributed by atoms with Crippen molar-refractivity contribution in [1.82, 2.24) is 5.32 Å². The summed E-state index contributed by atoms with van der Waals surface area (Å²) in [6, 6.07) is 3.27. The molecule has 0 aliphatic carbocycles. The van der Waals surface area contributed by atoms with Crippen molar-refractivity contribution in [3.63, 3.8) is 0 Å². The SMILES string of the molecule is NC[C@H]1CNCC[C@H]1c1cc(Cl)c(Cl)cc1O. The number of piperidine rings is 1. The maximum atomic E-state index is 9.98. The Morgan fingerprint density at radius 2 is 2.06 bits per heavy atom. The Morgan fingerprint density at radius 1 is 1.35 bits per heavy atom. The van der Waals surface area contributed by atoms with Crippen molar-refractivity contribution in [2.24, 2.45) is 11.7 Å². The van der Waals surface area contributed by atoms with Crippen molar-refractivity contribution in [2.75, 3.05) is 19.6 Å². The van der Waals surface area contributed by atoms with E-state index < -0.39 is 0 Å². The van der Waals surface area contributed by atoms with E-state index in [1.165, 1.54) is 6.07 Å². The van der Waals surface area contributed by atoms with Gasteiger partial charge in [-0.25, -0.2) is 0 Å². The molecule has 1 aromatic rings. The van der Waals surface area contributed by atoms with Gasteiger partial charge in [0.05, 0.1) is 10.0 Å². The van der Waals surface area contributed by atoms with Crippen LogP contribution in [-0.2, 0) is 0 Å². The molecule has 4 N–H and O–H groups in total. The molecule has 0 aromatic heterocycles. The maximum Gasteiger partial charge on any atom is 0.120 e. The lowest BCUT2D eigenvalue weighted by Gasteiger charge is -2.32. The molecule has 0 spiro atoms. The van der Waals surface area contributed by atoms with Crippen molar-refractivity contribution in [3.8, 4) is 5.75 Å². The average Bonchev–Trinajstić information content (AvgIpc) is 2.34. The molecule has 1 aliphatic rings. The van der Waals surface area contributed by atoms with Crippen LogP contribution in [0.2, 0.25) is 10.0 Å². The molecule has 0 amide bonds. The molecule has 17 heavy (non-hydrogen) atoms. The predicted molar refractivity (Wildman–Crippen MR) is 70.9 cm³/mol. The fourth-order valence-corrected chi connectivity index (χ4v) is 2.76. The van der Waals surface area contributed by atoms with Crippen LogP contribution in [0, 0.1) is 5.92 Å². The Bertz CT molecular complexity index is 412. The number of benzene rings is 1. The van der Waals surface area contributed by atoms with Gasteiger partial charge in [-0.15, -0.1) is 0 Å². The predicted octanol–water partition coefficient (Wildman–Crippen LogP) is 2.35. The van der Waals surface area contributed by atoms with Crippen molar-refractivity contribution < 1.29 is 5.11 Å². The van der Waals surface area contributed by atoms with E-state index in [9.17, 15) is 5.11 Å². The van der Waals surface area contributed by atoms with Crippen molar-refractivity contribution in [2.45, 2.75) is 12.3 Å². The third-order valence-electron chi connectivity index (χ3n) is 3.38. The second-order valence-corrected chi connectivity index (χ2v) is 5.23. The van der Waals surface area contributed by atoms with Crippen LogP contribution in [0.15, 0.2) is 12.1 Å². The van der Waals surface area contributed by atoms with Gasteiger partial charge in [-0.3, -0.25) is 0 Å². The highest BCUT2D eigenvalue weighted by molar-refractivity contribution is 6.42. The number of hydrogen-bond acceptors (Lipinski definition) is 3. The number of rotatable bonds is 2. The van der Waals surface area contributed by atoms with Crippen LogP contribution in [0.3, 0.4) is 0 Å². The molecular formula is C12H16Cl2N2O. The molecule has 3 nitrogen and oxygen atoms in total. The van der Waals surface area contributed by atoms with E-state index in [1.807, 2.05) is 0 Å². The summed E-state index contributed by atoms with van der Waals surface area (Å²) >= 11 is 11.9. The van der Waals surface area contributed by atoms with Crippen LogP contribution in [0.5, 0.6) is 5.75 Å². The van der Waals surface area contributed by atoms with Gasteiger partial charge in [0.25, 0.3) is 0 Å². The number of halogens is 2. The van der Waals surface area contributed by atoms with Crippen LogP contribution < -0.4 is 11.1 Å². The van der Waals surface area contributed by atoms with E-state index in [-0.39, 0.29) is 11.7 Å². The summed E-state index contributed by atoms with van der Waals surface area (Å²) < 4.78 is 0. The minimum absolute atomic E-state index is 0.213. The standard InChI is InChI=1S/C12H16Cl2N2O/c13-10-3-9(12(17)4-11(10)14)8-1-2-16-6-7(8)5-15/h3-4,7-8,16-17H,1-2,5-6,15H2/t7-,8+/m0/s1. The van der Waals surface area contributed by atoms with Crippen molar-refractivity contribution in [3.05, 3.63) is 27.7 Å². The summed E-state index contributed by atoms with van der Waals surface area (Å²) in [5, 5.41) is 14.1. The molecule has 1 aliphatic heterocycles. The van der Waals surface area contributed by atoms with Crippen LogP contribution in [0.25, 0.3) is 0 Å². The van der Waals surface area contributed by atoms with E-state index in [0.717, 1.165) is 25.1 Å². The van der Waals surface area contributed by atoms with Crippen LogP contribution in [0.1, 0.15) is 17.9 Å². The molecule has 1 heterocycles. The van der Waals surface area contributed by atoms with Gasteiger partial charge in [0.2, 0.25) is 0 Å². The molecule has 1 saturated heterocycles. The molecule has 94 valence electrons. The summed E-state index contributed by atoms with van der Waals surface area (Å²) in [5.74, 6) is 0.785. The van der Waals surface area contributed by atoms with Gasteiger partial charge in [0.1, 0.15) is 5.75 Å². The maximum absolute atomic E-state index is 9.98. The van der Waals surface area contributed by atoms with E-state index in [0.29, 0.717) is 22.5 Å². The molecule has 1 fully saturated rings. The number of nitrogens with two attached hydrogens (primary N) is 1. The second-order valence-electron chi connectivity index (χ2n) is 4.42. The Balaban J connectivity index is 2.34. The zero-order valence-corrected chi connectivity index (χ0v) is 10.9. The van der Waals surface area contributed by atoms with Gasteiger partial charge >= 0.3 is 0 Å². The highest BCUT2D eigenvalue weighted by Gasteiger charge is 2.27. The number of nitrogens with one attached hydrogen (secondary N) is 1. The second kappa shape index (κ2) is 5.44. The zero-order chi connectivity index (χ0) is 12.4. The first-order valence-corrected chi connectivity index (χ1v) is 6.47. The summed E-state index contributed by atoms with van der Waals surface area (Å²) in [7, 11) is 0. The summed E-state index contributed by atoms with van der Waals surface area (Å²) in [4.78, 5) is 0. The van der Waals surface area contributed by atoms with Gasteiger partial charge in [-0.2, -0.15) is 0 Å². The monoisotopic (exact) mass is 274 g/mol. The van der Waals surface area contributed by atoms with Gasteiger partial charge < -0.3 is 16.2 Å². The highest BCUT2D eigenvalue weighted by atomic mass is 35.5. The lowest BCUT2D eigenvalue weighted by molar-refractivity contribution is 0.324. The smallest absolute Gasteiger partial charge is 0.120 e. The Labute approximate surface area is 111 Å². The fraction of sp³-hybridized carbons (Fsp3) is 0.500. The van der Waals surface area contributed by atoms with E-state index >= 15 is 0 Å². The lowest BCUT2D eigenvalue weighted by Crippen LogP contribution is -2.39. The van der Waals surface area contributed by atoms with E-state index in [4.69, 9.17) is 28.9 Å². The molecule has 1 aromatic carbocycles. The first-order valence-electron chi connectivity index (χ1n) is 5.72. The van der Waals surface area contributed by atoms with E-state index in [1.54, 1.807) is 6.07 Å². The molecule has 0 saturated carbocycles. The summed E-state index contributed by atoms with van der Waals surface area (Å²) in [5.41, 5.74) is 6.63. The number of phenolic OH excluding ortho intramolecular Hbond substituents is 1. The fourth-order valence-electron chi connectivity index (χ4n) is 2.43. The van der Waals surface area contributed by atoms with E-state index in [2.05, 4.69) is 5.32 Å². The normalized spacial score (nSPS) is 24.9. The van der Waals surface area contributed by atoms with Crippen molar-refractivity contribution in [1.29, 1.82) is 0 Å². The minimum Gasteiger partial charge on any atom is -0.508 e. The topological polar surface area (TPSA) is 58.3 Å². The van der Waals surface area contributed by atoms with Crippen LogP contribution in [0.4, 0.5) is 0 Å². The van der Waals surface area contributed by atoms with Gasteiger partial charge in [0, 0.05) is 6.07 Å². The molecule has 5 heteroatoms. The molecule has 2 atom stereocenters.